The summed E-state index contributed by atoms with van der Waals surface area (Å²) in [6.07, 6.45) is 6.93. The Balaban J connectivity index is 1.87. The van der Waals surface area contributed by atoms with E-state index in [0.29, 0.717) is 24.6 Å². The average Bonchev–Trinajstić information content (AvgIpc) is 2.85. The van der Waals surface area contributed by atoms with Gasteiger partial charge >= 0.3 is 5.97 Å². The van der Waals surface area contributed by atoms with Crippen LogP contribution in [0.3, 0.4) is 0 Å². The fraction of sp³-hybridized carbons (Fsp3) is 0.179. The summed E-state index contributed by atoms with van der Waals surface area (Å²) in [5.74, 6) is 0.362. The maximum Gasteiger partial charge on any atom is 0.328 e. The van der Waals surface area contributed by atoms with Gasteiger partial charge in [0, 0.05) is 30.6 Å². The van der Waals surface area contributed by atoms with Crippen LogP contribution >= 0.6 is 0 Å². The summed E-state index contributed by atoms with van der Waals surface area (Å²) in [4.78, 5) is 10.9. The van der Waals surface area contributed by atoms with E-state index in [1.807, 2.05) is 60.7 Å². The molecule has 170 valence electrons. The quantitative estimate of drug-likeness (QED) is 0.313. The van der Waals surface area contributed by atoms with Gasteiger partial charge in [-0.2, -0.15) is 0 Å². The van der Waals surface area contributed by atoms with Crippen molar-refractivity contribution < 1.29 is 19.4 Å². The van der Waals surface area contributed by atoms with E-state index in [0.717, 1.165) is 28.3 Å². The first-order valence-corrected chi connectivity index (χ1v) is 10.8. The van der Waals surface area contributed by atoms with E-state index in [1.165, 1.54) is 0 Å². The molecule has 5 nitrogen and oxygen atoms in total. The molecule has 0 fully saturated rings. The van der Waals surface area contributed by atoms with Crippen molar-refractivity contribution >= 4 is 18.1 Å². The highest BCUT2D eigenvalue weighted by Crippen LogP contribution is 2.38. The second kappa shape index (κ2) is 12.3. The van der Waals surface area contributed by atoms with Gasteiger partial charge in [0.05, 0.1) is 14.2 Å². The number of hydrogen-bond donors (Lipinski definition) is 2. The third-order valence-corrected chi connectivity index (χ3v) is 5.26. The lowest BCUT2D eigenvalue weighted by atomic mass is 9.89. The van der Waals surface area contributed by atoms with Gasteiger partial charge in [0.1, 0.15) is 0 Å². The SMILES string of the molecule is COc1cccc(C(CNCC=Cc2ccccc2)c2cccc(C=CC(=O)O)c2)c1OC. The first-order chi connectivity index (χ1) is 16.1. The Bertz CT molecular complexity index is 1110. The normalized spacial score (nSPS) is 12.2. The van der Waals surface area contributed by atoms with Gasteiger partial charge in [-0.05, 0) is 28.8 Å². The van der Waals surface area contributed by atoms with E-state index >= 15 is 0 Å². The molecule has 1 atom stereocenters. The van der Waals surface area contributed by atoms with Crippen molar-refractivity contribution in [3.05, 3.63) is 107 Å². The standard InChI is InChI=1S/C28H29NO4/c1-32-26-15-7-14-24(28(26)33-2)25(20-29-18-8-12-21-9-4-3-5-10-21)23-13-6-11-22(19-23)16-17-27(30)31/h3-17,19,25,29H,18,20H2,1-2H3,(H,30,31). The molecule has 1 unspecified atom stereocenters. The van der Waals surface area contributed by atoms with Crippen molar-refractivity contribution in [3.63, 3.8) is 0 Å². The summed E-state index contributed by atoms with van der Waals surface area (Å²) in [7, 11) is 3.26. The highest BCUT2D eigenvalue weighted by molar-refractivity contribution is 5.85. The molecule has 0 aliphatic rings. The highest BCUT2D eigenvalue weighted by Gasteiger charge is 2.21. The first-order valence-electron chi connectivity index (χ1n) is 10.8. The lowest BCUT2D eigenvalue weighted by Crippen LogP contribution is -2.23. The summed E-state index contributed by atoms with van der Waals surface area (Å²) in [5, 5.41) is 12.5. The Labute approximate surface area is 195 Å². The fourth-order valence-corrected chi connectivity index (χ4v) is 3.71. The molecule has 0 aromatic heterocycles. The molecule has 3 aromatic carbocycles. The Hall–Kier alpha value is -3.83. The number of carbonyl (C=O) groups is 1. The van der Waals surface area contributed by atoms with Crippen molar-refractivity contribution in [3.8, 4) is 11.5 Å². The Morgan fingerprint density at radius 1 is 0.939 bits per heavy atom. The van der Waals surface area contributed by atoms with Gasteiger partial charge in [-0.3, -0.25) is 0 Å². The largest absolute Gasteiger partial charge is 0.493 e. The molecule has 3 aromatic rings. The van der Waals surface area contributed by atoms with Crippen LogP contribution in [-0.4, -0.2) is 38.4 Å². The number of rotatable bonds is 11. The molecule has 5 heteroatoms. The molecule has 0 aliphatic carbocycles. The molecule has 0 amide bonds. The van der Waals surface area contributed by atoms with E-state index in [2.05, 4.69) is 29.6 Å². The second-order valence-electron chi connectivity index (χ2n) is 7.45. The fourth-order valence-electron chi connectivity index (χ4n) is 3.71. The van der Waals surface area contributed by atoms with Gasteiger partial charge < -0.3 is 19.9 Å². The molecule has 0 saturated heterocycles. The van der Waals surface area contributed by atoms with Crippen LogP contribution in [0.1, 0.15) is 28.2 Å². The maximum atomic E-state index is 10.9. The maximum absolute atomic E-state index is 10.9. The van der Waals surface area contributed by atoms with Crippen LogP contribution in [-0.2, 0) is 4.79 Å². The third kappa shape index (κ3) is 6.82. The van der Waals surface area contributed by atoms with Gasteiger partial charge in [-0.15, -0.1) is 0 Å². The zero-order valence-corrected chi connectivity index (χ0v) is 18.9. The number of hydrogen-bond acceptors (Lipinski definition) is 4. The zero-order valence-electron chi connectivity index (χ0n) is 18.9. The molecule has 0 saturated carbocycles. The summed E-state index contributed by atoms with van der Waals surface area (Å²) < 4.78 is 11.2. The Morgan fingerprint density at radius 3 is 2.42 bits per heavy atom. The number of aliphatic carboxylic acids is 1. The van der Waals surface area contributed by atoms with Gasteiger partial charge in [0.2, 0.25) is 0 Å². The van der Waals surface area contributed by atoms with Crippen LogP contribution in [0.15, 0.2) is 84.9 Å². The van der Waals surface area contributed by atoms with E-state index in [1.54, 1.807) is 20.3 Å². The van der Waals surface area contributed by atoms with Crippen LogP contribution in [0.25, 0.3) is 12.2 Å². The lowest BCUT2D eigenvalue weighted by Gasteiger charge is -2.22. The van der Waals surface area contributed by atoms with Crippen LogP contribution in [0.5, 0.6) is 11.5 Å². The molecular formula is C28H29NO4. The van der Waals surface area contributed by atoms with Crippen molar-refractivity contribution in [1.82, 2.24) is 5.32 Å². The number of carboxylic acids is 1. The van der Waals surface area contributed by atoms with Crippen molar-refractivity contribution in [2.45, 2.75) is 5.92 Å². The molecule has 0 aliphatic heterocycles. The molecule has 0 heterocycles. The number of carboxylic acid groups (broad SMARTS) is 1. The predicted octanol–water partition coefficient (Wildman–Crippen LogP) is 5.24. The van der Waals surface area contributed by atoms with E-state index in [9.17, 15) is 4.79 Å². The van der Waals surface area contributed by atoms with Crippen molar-refractivity contribution in [2.75, 3.05) is 27.3 Å². The molecular weight excluding hydrogens is 414 g/mol. The highest BCUT2D eigenvalue weighted by atomic mass is 16.5. The third-order valence-electron chi connectivity index (χ3n) is 5.26. The zero-order chi connectivity index (χ0) is 23.5. The number of nitrogens with one attached hydrogen (secondary N) is 1. The number of ether oxygens (including phenoxy) is 2. The molecule has 2 N–H and O–H groups in total. The van der Waals surface area contributed by atoms with Crippen LogP contribution in [0.4, 0.5) is 0 Å². The lowest BCUT2D eigenvalue weighted by molar-refractivity contribution is -0.131. The number of methoxy groups -OCH3 is 2. The first kappa shape index (κ1) is 23.8. The molecule has 0 bridgehead atoms. The minimum absolute atomic E-state index is 0.0293. The van der Waals surface area contributed by atoms with Crippen LogP contribution in [0.2, 0.25) is 0 Å². The molecule has 33 heavy (non-hydrogen) atoms. The number of para-hydroxylation sites is 1. The van der Waals surface area contributed by atoms with Crippen LogP contribution < -0.4 is 14.8 Å². The summed E-state index contributed by atoms with van der Waals surface area (Å²) in [6, 6.07) is 23.9. The van der Waals surface area contributed by atoms with E-state index in [4.69, 9.17) is 14.6 Å². The summed E-state index contributed by atoms with van der Waals surface area (Å²) >= 11 is 0. The smallest absolute Gasteiger partial charge is 0.328 e. The monoisotopic (exact) mass is 443 g/mol. The molecule has 0 radical (unpaired) electrons. The topological polar surface area (TPSA) is 67.8 Å². The minimum atomic E-state index is -0.974. The van der Waals surface area contributed by atoms with E-state index < -0.39 is 5.97 Å². The molecule has 0 spiro atoms. The average molecular weight is 444 g/mol. The van der Waals surface area contributed by atoms with Crippen molar-refractivity contribution in [1.29, 1.82) is 0 Å². The van der Waals surface area contributed by atoms with Gasteiger partial charge in [0.25, 0.3) is 0 Å². The van der Waals surface area contributed by atoms with Gasteiger partial charge in [-0.1, -0.05) is 78.9 Å². The van der Waals surface area contributed by atoms with Gasteiger partial charge in [0.15, 0.2) is 11.5 Å². The predicted molar refractivity (Wildman–Crippen MR) is 133 cm³/mol. The second-order valence-corrected chi connectivity index (χ2v) is 7.45. The van der Waals surface area contributed by atoms with Crippen molar-refractivity contribution in [2.24, 2.45) is 0 Å². The van der Waals surface area contributed by atoms with E-state index in [-0.39, 0.29) is 5.92 Å². The van der Waals surface area contributed by atoms with Gasteiger partial charge in [-0.25, -0.2) is 4.79 Å². The Kier molecular flexibility index (Phi) is 8.86. The summed E-state index contributed by atoms with van der Waals surface area (Å²) in [6.45, 7) is 1.37. The van der Waals surface area contributed by atoms with Crippen LogP contribution in [0, 0.1) is 0 Å². The summed E-state index contributed by atoms with van der Waals surface area (Å²) in [5.41, 5.74) is 4.03. The molecule has 3 rings (SSSR count). The minimum Gasteiger partial charge on any atom is -0.493 e. The number of benzene rings is 3. The Morgan fingerprint density at radius 2 is 1.70 bits per heavy atom.